The first-order valence-corrected chi connectivity index (χ1v) is 5.53. The van der Waals surface area contributed by atoms with E-state index in [9.17, 15) is 4.79 Å². The Kier molecular flexibility index (Phi) is 2.13. The molecule has 2 aromatic heterocycles. The van der Waals surface area contributed by atoms with Crippen molar-refractivity contribution in [1.29, 1.82) is 0 Å². The predicted octanol–water partition coefficient (Wildman–Crippen LogP) is 1.50. The summed E-state index contributed by atoms with van der Waals surface area (Å²) in [4.78, 5) is 17.8. The van der Waals surface area contributed by atoms with Crippen LogP contribution in [-0.2, 0) is 4.79 Å². The van der Waals surface area contributed by atoms with E-state index < -0.39 is 0 Å². The van der Waals surface area contributed by atoms with Crippen molar-refractivity contribution < 1.29 is 4.79 Å². The standard InChI is InChI=1S/C12H13N3O/c16-10-3-2-7-14(9-10)12-5-1-4-11-13-6-8-15(11)12/h1,4-6,8H,2-3,7,9H2. The van der Waals surface area contributed by atoms with E-state index in [-0.39, 0.29) is 0 Å². The van der Waals surface area contributed by atoms with Crippen LogP contribution in [0.2, 0.25) is 0 Å². The Hall–Kier alpha value is -1.84. The van der Waals surface area contributed by atoms with Crippen molar-refractivity contribution in [3.63, 3.8) is 0 Å². The molecule has 0 aliphatic carbocycles. The van der Waals surface area contributed by atoms with E-state index in [4.69, 9.17) is 0 Å². The minimum absolute atomic E-state index is 0.323. The van der Waals surface area contributed by atoms with E-state index in [1.807, 2.05) is 28.8 Å². The van der Waals surface area contributed by atoms with E-state index in [0.717, 1.165) is 30.9 Å². The molecule has 16 heavy (non-hydrogen) atoms. The number of rotatable bonds is 1. The number of hydrogen-bond donors (Lipinski definition) is 0. The zero-order chi connectivity index (χ0) is 11.0. The molecular formula is C12H13N3O. The van der Waals surface area contributed by atoms with Crippen LogP contribution in [0, 0.1) is 0 Å². The topological polar surface area (TPSA) is 37.6 Å². The maximum atomic E-state index is 11.5. The number of carbonyl (C=O) groups is 1. The number of aromatic nitrogens is 2. The number of pyridine rings is 1. The van der Waals surface area contributed by atoms with Gasteiger partial charge in [-0.25, -0.2) is 4.98 Å². The van der Waals surface area contributed by atoms with Gasteiger partial charge in [0, 0.05) is 25.4 Å². The number of fused-ring (bicyclic) bond motifs is 1. The first kappa shape index (κ1) is 9.39. The largest absolute Gasteiger partial charge is 0.350 e. The maximum Gasteiger partial charge on any atom is 0.152 e. The third-order valence-corrected chi connectivity index (χ3v) is 2.98. The number of ketones is 1. The lowest BCUT2D eigenvalue weighted by molar-refractivity contribution is -0.118. The monoisotopic (exact) mass is 215 g/mol. The van der Waals surface area contributed by atoms with Gasteiger partial charge in [0.15, 0.2) is 5.78 Å². The maximum absolute atomic E-state index is 11.5. The van der Waals surface area contributed by atoms with Gasteiger partial charge < -0.3 is 4.90 Å². The van der Waals surface area contributed by atoms with Crippen molar-refractivity contribution >= 4 is 17.2 Å². The molecule has 1 fully saturated rings. The molecule has 1 aliphatic rings. The van der Waals surface area contributed by atoms with Crippen LogP contribution in [0.5, 0.6) is 0 Å². The number of imidazole rings is 1. The number of Topliss-reactive ketones (excluding diaryl/α,β-unsaturated/α-hetero) is 1. The normalized spacial score (nSPS) is 17.0. The van der Waals surface area contributed by atoms with Crippen molar-refractivity contribution in [2.24, 2.45) is 0 Å². The predicted molar refractivity (Wildman–Crippen MR) is 61.6 cm³/mol. The number of piperidine rings is 1. The fourth-order valence-electron chi connectivity index (χ4n) is 2.22. The quantitative estimate of drug-likeness (QED) is 0.723. The van der Waals surface area contributed by atoms with Crippen molar-refractivity contribution in [2.75, 3.05) is 18.0 Å². The summed E-state index contributed by atoms with van der Waals surface area (Å²) in [6.45, 7) is 1.47. The smallest absolute Gasteiger partial charge is 0.152 e. The molecule has 0 atom stereocenters. The van der Waals surface area contributed by atoms with Gasteiger partial charge in [0.2, 0.25) is 0 Å². The van der Waals surface area contributed by atoms with Gasteiger partial charge in [-0.05, 0) is 18.6 Å². The lowest BCUT2D eigenvalue weighted by Crippen LogP contribution is -2.36. The molecule has 0 bridgehead atoms. The molecule has 0 unspecified atom stereocenters. The van der Waals surface area contributed by atoms with Crippen molar-refractivity contribution in [3.05, 3.63) is 30.6 Å². The van der Waals surface area contributed by atoms with E-state index in [1.165, 1.54) is 0 Å². The minimum Gasteiger partial charge on any atom is -0.350 e. The molecule has 3 rings (SSSR count). The Morgan fingerprint density at radius 1 is 1.31 bits per heavy atom. The lowest BCUT2D eigenvalue weighted by atomic mass is 10.1. The molecule has 0 radical (unpaired) electrons. The molecule has 1 saturated heterocycles. The number of hydrogen-bond acceptors (Lipinski definition) is 3. The zero-order valence-corrected chi connectivity index (χ0v) is 8.97. The average Bonchev–Trinajstić information content (AvgIpc) is 2.76. The second-order valence-electron chi connectivity index (χ2n) is 4.10. The number of nitrogens with zero attached hydrogens (tertiary/aromatic N) is 3. The van der Waals surface area contributed by atoms with E-state index in [0.29, 0.717) is 12.3 Å². The molecule has 2 aromatic rings. The van der Waals surface area contributed by atoms with Crippen LogP contribution < -0.4 is 4.90 Å². The Morgan fingerprint density at radius 2 is 2.25 bits per heavy atom. The minimum atomic E-state index is 0.323. The Balaban J connectivity index is 2.04. The summed E-state index contributed by atoms with van der Waals surface area (Å²) in [7, 11) is 0. The second-order valence-corrected chi connectivity index (χ2v) is 4.10. The van der Waals surface area contributed by atoms with Crippen molar-refractivity contribution in [3.8, 4) is 0 Å². The summed E-state index contributed by atoms with van der Waals surface area (Å²) in [6.07, 6.45) is 5.38. The summed E-state index contributed by atoms with van der Waals surface area (Å²) in [6, 6.07) is 5.99. The summed E-state index contributed by atoms with van der Waals surface area (Å²) in [5.41, 5.74) is 0.926. The highest BCUT2D eigenvalue weighted by Gasteiger charge is 2.18. The van der Waals surface area contributed by atoms with Crippen LogP contribution >= 0.6 is 0 Å². The lowest BCUT2D eigenvalue weighted by Gasteiger charge is -2.28. The van der Waals surface area contributed by atoms with Crippen LogP contribution in [0.1, 0.15) is 12.8 Å². The Morgan fingerprint density at radius 3 is 3.12 bits per heavy atom. The van der Waals surface area contributed by atoms with Crippen LogP contribution in [0.3, 0.4) is 0 Å². The molecule has 0 spiro atoms. The van der Waals surface area contributed by atoms with E-state index >= 15 is 0 Å². The van der Waals surface area contributed by atoms with Crippen LogP contribution in [0.25, 0.3) is 5.65 Å². The Bertz CT molecular complexity index is 532. The van der Waals surface area contributed by atoms with Crippen LogP contribution in [0.15, 0.2) is 30.6 Å². The molecule has 0 saturated carbocycles. The fourth-order valence-corrected chi connectivity index (χ4v) is 2.22. The molecule has 82 valence electrons. The summed E-state index contributed by atoms with van der Waals surface area (Å²) in [5.74, 6) is 1.38. The molecular weight excluding hydrogens is 202 g/mol. The van der Waals surface area contributed by atoms with Gasteiger partial charge in [-0.15, -0.1) is 0 Å². The van der Waals surface area contributed by atoms with Gasteiger partial charge in [0.1, 0.15) is 11.5 Å². The number of carbonyl (C=O) groups excluding carboxylic acids is 1. The van der Waals surface area contributed by atoms with Crippen LogP contribution in [-0.4, -0.2) is 28.3 Å². The van der Waals surface area contributed by atoms with Gasteiger partial charge >= 0.3 is 0 Å². The van der Waals surface area contributed by atoms with Gasteiger partial charge in [-0.1, -0.05) is 6.07 Å². The fraction of sp³-hybridized carbons (Fsp3) is 0.333. The van der Waals surface area contributed by atoms with Crippen molar-refractivity contribution in [2.45, 2.75) is 12.8 Å². The Labute approximate surface area is 93.5 Å². The van der Waals surface area contributed by atoms with Crippen molar-refractivity contribution in [1.82, 2.24) is 9.38 Å². The third kappa shape index (κ3) is 1.46. The highest BCUT2D eigenvalue weighted by Crippen LogP contribution is 2.19. The molecule has 4 nitrogen and oxygen atoms in total. The van der Waals surface area contributed by atoms with Gasteiger partial charge in [0.05, 0.1) is 6.54 Å². The molecule has 0 amide bonds. The number of anilines is 1. The summed E-state index contributed by atoms with van der Waals surface area (Å²) >= 11 is 0. The average molecular weight is 215 g/mol. The van der Waals surface area contributed by atoms with Gasteiger partial charge in [0.25, 0.3) is 0 Å². The second kappa shape index (κ2) is 3.63. The first-order chi connectivity index (χ1) is 7.84. The SMILES string of the molecule is O=C1CCCN(c2cccc3nccn23)C1. The highest BCUT2D eigenvalue weighted by atomic mass is 16.1. The first-order valence-electron chi connectivity index (χ1n) is 5.53. The molecule has 3 heterocycles. The molecule has 1 aliphatic heterocycles. The zero-order valence-electron chi connectivity index (χ0n) is 8.97. The van der Waals surface area contributed by atoms with Crippen LogP contribution in [0.4, 0.5) is 5.82 Å². The third-order valence-electron chi connectivity index (χ3n) is 2.98. The van der Waals surface area contributed by atoms with Gasteiger partial charge in [-0.2, -0.15) is 0 Å². The van der Waals surface area contributed by atoms with Gasteiger partial charge in [-0.3, -0.25) is 9.20 Å². The molecule has 0 aromatic carbocycles. The van der Waals surface area contributed by atoms with E-state index in [2.05, 4.69) is 9.88 Å². The summed E-state index contributed by atoms with van der Waals surface area (Å²) < 4.78 is 2.03. The van der Waals surface area contributed by atoms with E-state index in [1.54, 1.807) is 6.20 Å². The molecule has 4 heteroatoms. The highest BCUT2D eigenvalue weighted by molar-refractivity contribution is 5.84. The molecule has 0 N–H and O–H groups in total. The summed E-state index contributed by atoms with van der Waals surface area (Å²) in [5, 5.41) is 0.